The normalized spacial score (nSPS) is 11.6. The zero-order chi connectivity index (χ0) is 20.0. The quantitative estimate of drug-likeness (QED) is 0.584. The van der Waals surface area contributed by atoms with E-state index in [4.69, 9.17) is 32.7 Å². The van der Waals surface area contributed by atoms with E-state index in [0.717, 1.165) is 17.7 Å². The lowest BCUT2D eigenvalue weighted by Crippen LogP contribution is -2.25. The number of nitrogens with one attached hydrogen (secondary N) is 1. The molecular weight excluding hydrogens is 409 g/mol. The maximum absolute atomic E-state index is 12.5. The van der Waals surface area contributed by atoms with Crippen LogP contribution in [0.1, 0.15) is 25.8 Å². The molecule has 0 aliphatic carbocycles. The van der Waals surface area contributed by atoms with Crippen LogP contribution in [0.15, 0.2) is 41.3 Å². The van der Waals surface area contributed by atoms with Gasteiger partial charge in [-0.15, -0.1) is 0 Å². The summed E-state index contributed by atoms with van der Waals surface area (Å²) in [6.45, 7) is 4.22. The number of benzene rings is 2. The van der Waals surface area contributed by atoms with Gasteiger partial charge in [-0.2, -0.15) is 0 Å². The molecule has 0 atom stereocenters. The van der Waals surface area contributed by atoms with E-state index in [1.807, 2.05) is 38.1 Å². The fraction of sp³-hybridized carbons (Fsp3) is 0.368. The molecule has 0 fully saturated rings. The maximum Gasteiger partial charge on any atom is 0.242 e. The number of sulfonamides is 1. The molecule has 2 aromatic carbocycles. The van der Waals surface area contributed by atoms with Crippen molar-refractivity contribution in [3.05, 3.63) is 52.0 Å². The van der Waals surface area contributed by atoms with E-state index in [1.54, 1.807) is 0 Å². The third kappa shape index (κ3) is 6.01. The standard InChI is InChI=1S/C19H23Cl2NO4S/c1-13(2)26-15-8-4-6-14(12-15)7-5-11-22-27(23,24)17-10-9-16(25-3)18(20)19(17)21/h4,6,8-10,12-13,22H,5,7,11H2,1-3H3. The predicted molar refractivity (Wildman–Crippen MR) is 109 cm³/mol. The van der Waals surface area contributed by atoms with Crippen molar-refractivity contribution in [2.75, 3.05) is 13.7 Å². The van der Waals surface area contributed by atoms with Crippen molar-refractivity contribution in [2.24, 2.45) is 0 Å². The summed E-state index contributed by atoms with van der Waals surface area (Å²) in [4.78, 5) is -0.0673. The van der Waals surface area contributed by atoms with Crippen molar-refractivity contribution in [3.8, 4) is 11.5 Å². The Hall–Kier alpha value is -1.47. The molecule has 148 valence electrons. The summed E-state index contributed by atoms with van der Waals surface area (Å²) in [6.07, 6.45) is 1.45. The van der Waals surface area contributed by atoms with E-state index in [-0.39, 0.29) is 27.6 Å². The first kappa shape index (κ1) is 21.8. The van der Waals surface area contributed by atoms with Gasteiger partial charge in [0.2, 0.25) is 10.0 Å². The molecule has 27 heavy (non-hydrogen) atoms. The Kier molecular flexibility index (Phi) is 7.79. The second kappa shape index (κ2) is 9.64. The van der Waals surface area contributed by atoms with E-state index in [2.05, 4.69) is 4.72 Å². The molecule has 1 N–H and O–H groups in total. The van der Waals surface area contributed by atoms with Crippen molar-refractivity contribution in [1.82, 2.24) is 4.72 Å². The Morgan fingerprint density at radius 2 is 1.85 bits per heavy atom. The van der Waals surface area contributed by atoms with Crippen molar-refractivity contribution in [3.63, 3.8) is 0 Å². The summed E-state index contributed by atoms with van der Waals surface area (Å²) in [6, 6.07) is 10.6. The average molecular weight is 432 g/mol. The van der Waals surface area contributed by atoms with Crippen LogP contribution >= 0.6 is 23.2 Å². The molecular formula is C19H23Cl2NO4S. The average Bonchev–Trinajstić information content (AvgIpc) is 2.60. The largest absolute Gasteiger partial charge is 0.495 e. The first-order valence-electron chi connectivity index (χ1n) is 8.52. The van der Waals surface area contributed by atoms with Gasteiger partial charge in [0.15, 0.2) is 0 Å². The number of aryl methyl sites for hydroxylation is 1. The smallest absolute Gasteiger partial charge is 0.242 e. The fourth-order valence-corrected chi connectivity index (χ4v) is 4.42. The first-order valence-corrected chi connectivity index (χ1v) is 10.8. The molecule has 0 aromatic heterocycles. The van der Waals surface area contributed by atoms with E-state index >= 15 is 0 Å². The van der Waals surface area contributed by atoms with E-state index in [0.29, 0.717) is 12.2 Å². The number of ether oxygens (including phenoxy) is 2. The predicted octanol–water partition coefficient (Wildman–Crippen LogP) is 4.70. The van der Waals surface area contributed by atoms with Crippen molar-refractivity contribution in [2.45, 2.75) is 37.7 Å². The summed E-state index contributed by atoms with van der Waals surface area (Å²) in [7, 11) is -2.33. The van der Waals surface area contributed by atoms with Gasteiger partial charge in [0, 0.05) is 6.54 Å². The number of hydrogen-bond acceptors (Lipinski definition) is 4. The Morgan fingerprint density at radius 1 is 1.11 bits per heavy atom. The molecule has 2 rings (SSSR count). The molecule has 0 unspecified atom stereocenters. The summed E-state index contributed by atoms with van der Waals surface area (Å²) in [5.41, 5.74) is 1.08. The molecule has 0 saturated carbocycles. The van der Waals surface area contributed by atoms with Gasteiger partial charge in [0.25, 0.3) is 0 Å². The molecule has 0 bridgehead atoms. The van der Waals surface area contributed by atoms with Gasteiger partial charge in [-0.05, 0) is 56.5 Å². The van der Waals surface area contributed by atoms with Crippen molar-refractivity contribution >= 4 is 33.2 Å². The second-order valence-electron chi connectivity index (χ2n) is 6.21. The molecule has 8 heteroatoms. The Morgan fingerprint density at radius 3 is 2.52 bits per heavy atom. The lowest BCUT2D eigenvalue weighted by atomic mass is 10.1. The van der Waals surface area contributed by atoms with Gasteiger partial charge in [-0.3, -0.25) is 0 Å². The van der Waals surface area contributed by atoms with Gasteiger partial charge >= 0.3 is 0 Å². The summed E-state index contributed by atoms with van der Waals surface area (Å²) >= 11 is 12.1. The zero-order valence-electron chi connectivity index (χ0n) is 15.5. The molecule has 0 aliphatic heterocycles. The van der Waals surface area contributed by atoms with Crippen LogP contribution in [-0.2, 0) is 16.4 Å². The summed E-state index contributed by atoms with van der Waals surface area (Å²) < 4.78 is 38.2. The molecule has 0 spiro atoms. The number of halogens is 2. The van der Waals surface area contributed by atoms with Gasteiger partial charge in [0.1, 0.15) is 21.4 Å². The Labute approximate surface area is 170 Å². The van der Waals surface area contributed by atoms with Crippen LogP contribution in [0.3, 0.4) is 0 Å². The molecule has 5 nitrogen and oxygen atoms in total. The molecule has 0 saturated heterocycles. The highest BCUT2D eigenvalue weighted by Crippen LogP contribution is 2.36. The second-order valence-corrected chi connectivity index (χ2v) is 8.70. The lowest BCUT2D eigenvalue weighted by Gasteiger charge is -2.12. The van der Waals surface area contributed by atoms with Crippen LogP contribution in [-0.4, -0.2) is 28.2 Å². The zero-order valence-corrected chi connectivity index (χ0v) is 17.8. The Bertz CT molecular complexity index is 885. The van der Waals surface area contributed by atoms with Crippen LogP contribution in [0.25, 0.3) is 0 Å². The minimum atomic E-state index is -3.76. The van der Waals surface area contributed by atoms with E-state index < -0.39 is 10.0 Å². The number of methoxy groups -OCH3 is 1. The highest BCUT2D eigenvalue weighted by molar-refractivity contribution is 7.89. The summed E-state index contributed by atoms with van der Waals surface area (Å²) in [5, 5.41) is 0.0195. The van der Waals surface area contributed by atoms with Crippen LogP contribution < -0.4 is 14.2 Å². The maximum atomic E-state index is 12.5. The van der Waals surface area contributed by atoms with Gasteiger partial charge in [0.05, 0.1) is 18.2 Å². The topological polar surface area (TPSA) is 64.6 Å². The first-order chi connectivity index (χ1) is 12.7. The monoisotopic (exact) mass is 431 g/mol. The lowest BCUT2D eigenvalue weighted by molar-refractivity contribution is 0.242. The van der Waals surface area contributed by atoms with Crippen molar-refractivity contribution in [1.29, 1.82) is 0 Å². The van der Waals surface area contributed by atoms with Crippen LogP contribution in [0.5, 0.6) is 11.5 Å². The minimum absolute atomic E-state index is 0.0537. The third-order valence-electron chi connectivity index (χ3n) is 3.73. The SMILES string of the molecule is COc1ccc(S(=O)(=O)NCCCc2cccc(OC(C)C)c2)c(Cl)c1Cl. The van der Waals surface area contributed by atoms with E-state index in [1.165, 1.54) is 19.2 Å². The number of rotatable bonds is 9. The van der Waals surface area contributed by atoms with Gasteiger partial charge in [-0.1, -0.05) is 35.3 Å². The van der Waals surface area contributed by atoms with Crippen LogP contribution in [0.2, 0.25) is 10.0 Å². The highest BCUT2D eigenvalue weighted by atomic mass is 35.5. The van der Waals surface area contributed by atoms with Crippen LogP contribution in [0.4, 0.5) is 0 Å². The van der Waals surface area contributed by atoms with Gasteiger partial charge in [-0.25, -0.2) is 13.1 Å². The highest BCUT2D eigenvalue weighted by Gasteiger charge is 2.21. The summed E-state index contributed by atoms with van der Waals surface area (Å²) in [5.74, 6) is 1.13. The van der Waals surface area contributed by atoms with Gasteiger partial charge < -0.3 is 9.47 Å². The Balaban J connectivity index is 1.96. The fourth-order valence-electron chi connectivity index (χ4n) is 2.50. The third-order valence-corrected chi connectivity index (χ3v) is 6.21. The molecule has 0 radical (unpaired) electrons. The van der Waals surface area contributed by atoms with E-state index in [9.17, 15) is 8.42 Å². The van der Waals surface area contributed by atoms with Crippen LogP contribution in [0, 0.1) is 0 Å². The van der Waals surface area contributed by atoms with Crippen molar-refractivity contribution < 1.29 is 17.9 Å². The minimum Gasteiger partial charge on any atom is -0.495 e. The molecule has 0 heterocycles. The molecule has 2 aromatic rings. The molecule has 0 amide bonds. The molecule has 0 aliphatic rings. The number of hydrogen-bond donors (Lipinski definition) is 1.